The van der Waals surface area contributed by atoms with Crippen molar-refractivity contribution in [3.8, 4) is 0 Å². The number of rotatable bonds is 5. The Morgan fingerprint density at radius 3 is 2.62 bits per heavy atom. The Morgan fingerprint density at radius 1 is 1.38 bits per heavy atom. The van der Waals surface area contributed by atoms with E-state index in [1.165, 1.54) is 16.9 Å². The van der Waals surface area contributed by atoms with E-state index in [4.69, 9.17) is 5.73 Å². The summed E-state index contributed by atoms with van der Waals surface area (Å²) in [4.78, 5) is 16.9. The van der Waals surface area contributed by atoms with Gasteiger partial charge in [0, 0.05) is 6.54 Å². The molecule has 0 spiro atoms. The lowest BCUT2D eigenvalue weighted by Gasteiger charge is -2.27. The first kappa shape index (κ1) is 17.9. The number of nitrogens with zero attached hydrogens (tertiary/aromatic N) is 1. The van der Waals surface area contributed by atoms with E-state index in [0.29, 0.717) is 11.7 Å². The normalized spacial score (nSPS) is 11.2. The second-order valence-corrected chi connectivity index (χ2v) is 6.17. The molecule has 1 heterocycles. The van der Waals surface area contributed by atoms with Gasteiger partial charge >= 0.3 is 0 Å². The van der Waals surface area contributed by atoms with Crippen LogP contribution in [0.25, 0.3) is 10.2 Å². The minimum atomic E-state index is -0.492. The summed E-state index contributed by atoms with van der Waals surface area (Å²) in [5.74, 6) is -0.0271. The molecule has 1 aromatic carbocycles. The monoisotopic (exact) mass is 327 g/mol. The van der Waals surface area contributed by atoms with E-state index >= 15 is 0 Å². The molecule has 3 N–H and O–H groups in total. The second kappa shape index (κ2) is 7.20. The van der Waals surface area contributed by atoms with Crippen LogP contribution < -0.4 is 11.1 Å². The number of aryl methyl sites for hydroxylation is 1. The van der Waals surface area contributed by atoms with Crippen molar-refractivity contribution in [3.05, 3.63) is 23.8 Å². The SMILES string of the molecule is CCC(CC)(CN)C(=O)Nc1nc2ccc(C)cc2s1.Cl. The highest BCUT2D eigenvalue weighted by Crippen LogP contribution is 2.30. The van der Waals surface area contributed by atoms with Gasteiger partial charge in [0.1, 0.15) is 0 Å². The quantitative estimate of drug-likeness (QED) is 0.879. The number of hydrogen-bond donors (Lipinski definition) is 2. The van der Waals surface area contributed by atoms with Crippen molar-refractivity contribution in [2.24, 2.45) is 11.1 Å². The van der Waals surface area contributed by atoms with Gasteiger partial charge in [-0.05, 0) is 37.5 Å². The minimum Gasteiger partial charge on any atom is -0.329 e. The second-order valence-electron chi connectivity index (χ2n) is 5.14. The lowest BCUT2D eigenvalue weighted by molar-refractivity contribution is -0.125. The summed E-state index contributed by atoms with van der Waals surface area (Å²) < 4.78 is 1.09. The number of halogens is 1. The zero-order valence-electron chi connectivity index (χ0n) is 12.6. The van der Waals surface area contributed by atoms with E-state index in [1.54, 1.807) is 0 Å². The van der Waals surface area contributed by atoms with Gasteiger partial charge in [-0.1, -0.05) is 31.3 Å². The first-order chi connectivity index (χ1) is 9.54. The van der Waals surface area contributed by atoms with Crippen LogP contribution in [0.3, 0.4) is 0 Å². The van der Waals surface area contributed by atoms with Crippen LogP contribution in [0.1, 0.15) is 32.3 Å². The van der Waals surface area contributed by atoms with Crippen molar-refractivity contribution in [1.82, 2.24) is 4.98 Å². The topological polar surface area (TPSA) is 68.0 Å². The van der Waals surface area contributed by atoms with Crippen LogP contribution in [0, 0.1) is 12.3 Å². The number of nitrogens with two attached hydrogens (primary N) is 1. The highest BCUT2D eigenvalue weighted by molar-refractivity contribution is 7.22. The standard InChI is InChI=1S/C15H21N3OS.ClH/c1-4-15(5-2,9-16)13(19)18-14-17-11-7-6-10(3)8-12(11)20-14;/h6-8H,4-5,9,16H2,1-3H3,(H,17,18,19);1H. The van der Waals surface area contributed by atoms with Gasteiger partial charge in [0.15, 0.2) is 5.13 Å². The van der Waals surface area contributed by atoms with E-state index in [2.05, 4.69) is 16.4 Å². The van der Waals surface area contributed by atoms with Crippen molar-refractivity contribution in [1.29, 1.82) is 0 Å². The van der Waals surface area contributed by atoms with Gasteiger partial charge in [0.2, 0.25) is 5.91 Å². The summed E-state index contributed by atoms with van der Waals surface area (Å²) in [5, 5.41) is 3.58. The molecule has 2 rings (SSSR count). The largest absolute Gasteiger partial charge is 0.329 e. The zero-order chi connectivity index (χ0) is 14.8. The van der Waals surface area contributed by atoms with E-state index in [9.17, 15) is 4.79 Å². The molecule has 4 nitrogen and oxygen atoms in total. The Bertz CT molecular complexity index is 614. The van der Waals surface area contributed by atoms with Crippen LogP contribution in [0.5, 0.6) is 0 Å². The number of carbonyl (C=O) groups excluding carboxylic acids is 1. The molecule has 0 saturated heterocycles. The molecule has 0 aliphatic carbocycles. The summed E-state index contributed by atoms with van der Waals surface area (Å²) in [6, 6.07) is 6.08. The summed E-state index contributed by atoms with van der Waals surface area (Å²) in [5.41, 5.74) is 7.42. The van der Waals surface area contributed by atoms with Gasteiger partial charge in [0.25, 0.3) is 0 Å². The van der Waals surface area contributed by atoms with Crippen molar-refractivity contribution in [2.75, 3.05) is 11.9 Å². The maximum absolute atomic E-state index is 12.4. The van der Waals surface area contributed by atoms with E-state index in [0.717, 1.165) is 23.1 Å². The average Bonchev–Trinajstić information content (AvgIpc) is 2.82. The molecule has 0 fully saturated rings. The Labute approximate surface area is 135 Å². The highest BCUT2D eigenvalue weighted by atomic mass is 35.5. The maximum atomic E-state index is 12.4. The van der Waals surface area contributed by atoms with Gasteiger partial charge in [-0.25, -0.2) is 4.98 Å². The van der Waals surface area contributed by atoms with Crippen LogP contribution in [-0.4, -0.2) is 17.4 Å². The smallest absolute Gasteiger partial charge is 0.233 e. The first-order valence-electron chi connectivity index (χ1n) is 6.93. The lowest BCUT2D eigenvalue weighted by Crippen LogP contribution is -2.41. The van der Waals surface area contributed by atoms with Crippen LogP contribution >= 0.6 is 23.7 Å². The molecule has 116 valence electrons. The molecule has 1 amide bonds. The van der Waals surface area contributed by atoms with Crippen molar-refractivity contribution < 1.29 is 4.79 Å². The maximum Gasteiger partial charge on any atom is 0.233 e. The van der Waals surface area contributed by atoms with E-state index < -0.39 is 5.41 Å². The fourth-order valence-corrected chi connectivity index (χ4v) is 3.23. The third-order valence-electron chi connectivity index (χ3n) is 3.99. The third kappa shape index (κ3) is 3.54. The molecule has 0 unspecified atom stereocenters. The molecule has 6 heteroatoms. The number of thiazole rings is 1. The van der Waals surface area contributed by atoms with E-state index in [-0.39, 0.29) is 18.3 Å². The molecule has 0 radical (unpaired) electrons. The number of fused-ring (bicyclic) bond motifs is 1. The molecular formula is C15H22ClN3OS. The molecular weight excluding hydrogens is 306 g/mol. The van der Waals surface area contributed by atoms with Gasteiger partial charge in [0.05, 0.1) is 15.6 Å². The van der Waals surface area contributed by atoms with Crippen molar-refractivity contribution in [2.45, 2.75) is 33.6 Å². The van der Waals surface area contributed by atoms with Gasteiger partial charge in [-0.3, -0.25) is 4.79 Å². The molecule has 2 aromatic rings. The third-order valence-corrected chi connectivity index (χ3v) is 4.92. The fourth-order valence-electron chi connectivity index (χ4n) is 2.27. The highest BCUT2D eigenvalue weighted by Gasteiger charge is 2.33. The van der Waals surface area contributed by atoms with E-state index in [1.807, 2.05) is 32.9 Å². The van der Waals surface area contributed by atoms with Gasteiger partial charge in [-0.15, -0.1) is 12.4 Å². The number of carbonyl (C=O) groups is 1. The molecule has 0 aliphatic heterocycles. The number of benzene rings is 1. The van der Waals surface area contributed by atoms with Crippen LogP contribution in [0.2, 0.25) is 0 Å². The van der Waals surface area contributed by atoms with Crippen molar-refractivity contribution >= 4 is 45.0 Å². The predicted molar refractivity (Wildman–Crippen MR) is 92.3 cm³/mol. The van der Waals surface area contributed by atoms with Gasteiger partial charge < -0.3 is 11.1 Å². The molecule has 0 saturated carbocycles. The summed E-state index contributed by atoms with van der Waals surface area (Å²) in [6.07, 6.45) is 1.46. The predicted octanol–water partition coefficient (Wildman–Crippen LogP) is 3.73. The van der Waals surface area contributed by atoms with Gasteiger partial charge in [-0.2, -0.15) is 0 Å². The Kier molecular flexibility index (Phi) is 6.13. The Morgan fingerprint density at radius 2 is 2.05 bits per heavy atom. The van der Waals surface area contributed by atoms with Crippen molar-refractivity contribution in [3.63, 3.8) is 0 Å². The minimum absolute atomic E-state index is 0. The molecule has 1 aromatic heterocycles. The van der Waals surface area contributed by atoms with Crippen LogP contribution in [0.15, 0.2) is 18.2 Å². The number of hydrogen-bond acceptors (Lipinski definition) is 4. The average molecular weight is 328 g/mol. The molecule has 0 bridgehead atoms. The number of nitrogens with one attached hydrogen (secondary N) is 1. The number of anilines is 1. The number of amides is 1. The fraction of sp³-hybridized carbons (Fsp3) is 0.467. The molecule has 0 atom stereocenters. The molecule has 21 heavy (non-hydrogen) atoms. The van der Waals surface area contributed by atoms with Crippen LogP contribution in [-0.2, 0) is 4.79 Å². The first-order valence-corrected chi connectivity index (χ1v) is 7.75. The number of aromatic nitrogens is 1. The summed E-state index contributed by atoms with van der Waals surface area (Å²) in [6.45, 7) is 6.40. The Hall–Kier alpha value is -1.17. The Balaban J connectivity index is 0.00000220. The summed E-state index contributed by atoms with van der Waals surface area (Å²) in [7, 11) is 0. The van der Waals surface area contributed by atoms with Crippen LogP contribution in [0.4, 0.5) is 5.13 Å². The lowest BCUT2D eigenvalue weighted by atomic mass is 9.81. The summed E-state index contributed by atoms with van der Waals surface area (Å²) >= 11 is 1.50. The zero-order valence-corrected chi connectivity index (χ0v) is 14.2. The molecule has 0 aliphatic rings.